The smallest absolute Gasteiger partial charge is 0.194 e. The molecule has 1 aromatic heterocycles. The molecule has 0 spiro atoms. The fraction of sp³-hybridized carbons (Fsp3) is 0.474. The molecule has 1 fully saturated rings. The third kappa shape index (κ3) is 4.49. The lowest BCUT2D eigenvalue weighted by Gasteiger charge is -2.36. The Morgan fingerprint density at radius 1 is 1.23 bits per heavy atom. The zero-order chi connectivity index (χ0) is 18.5. The van der Waals surface area contributed by atoms with Crippen LogP contribution in [0.15, 0.2) is 33.7 Å². The van der Waals surface area contributed by atoms with Gasteiger partial charge in [0, 0.05) is 43.3 Å². The molecule has 1 aromatic carbocycles. The molecule has 1 aliphatic rings. The summed E-state index contributed by atoms with van der Waals surface area (Å²) in [6, 6.07) is 7.95. The van der Waals surface area contributed by atoms with E-state index >= 15 is 0 Å². The second-order valence-corrected chi connectivity index (χ2v) is 6.93. The van der Waals surface area contributed by atoms with Crippen molar-refractivity contribution in [3.63, 3.8) is 0 Å². The average molecular weight is 376 g/mol. The average Bonchev–Trinajstić information content (AvgIpc) is 3.00. The van der Waals surface area contributed by atoms with E-state index in [2.05, 4.69) is 38.8 Å². The van der Waals surface area contributed by atoms with Crippen molar-refractivity contribution >= 4 is 23.2 Å². The molecule has 26 heavy (non-hydrogen) atoms. The number of nitrogens with two attached hydrogens (primary N) is 1. The van der Waals surface area contributed by atoms with Crippen molar-refractivity contribution in [2.24, 2.45) is 10.7 Å². The number of oxazole rings is 1. The zero-order valence-electron chi connectivity index (χ0n) is 15.4. The first-order valence-corrected chi connectivity index (χ1v) is 9.45. The number of aliphatic imine (C=N–C) groups is 1. The van der Waals surface area contributed by atoms with Gasteiger partial charge in [-0.1, -0.05) is 18.5 Å². The molecule has 0 radical (unpaired) electrons. The molecule has 1 aliphatic heterocycles. The number of nitrogens with zero attached hydrogens (tertiary/aromatic N) is 4. The van der Waals surface area contributed by atoms with E-state index in [1.165, 1.54) is 5.69 Å². The van der Waals surface area contributed by atoms with E-state index in [9.17, 15) is 0 Å². The number of hydrogen-bond acceptors (Lipinski definition) is 4. The van der Waals surface area contributed by atoms with Crippen molar-refractivity contribution in [3.8, 4) is 0 Å². The Morgan fingerprint density at radius 3 is 2.58 bits per heavy atom. The van der Waals surface area contributed by atoms with Gasteiger partial charge in [-0.3, -0.25) is 0 Å². The minimum atomic E-state index is 0.436. The van der Waals surface area contributed by atoms with Crippen molar-refractivity contribution in [2.45, 2.75) is 33.2 Å². The molecule has 2 N–H and O–H groups in total. The second kappa shape index (κ2) is 8.45. The summed E-state index contributed by atoms with van der Waals surface area (Å²) in [4.78, 5) is 13.4. The minimum absolute atomic E-state index is 0.436. The predicted octanol–water partition coefficient (Wildman–Crippen LogP) is 3.23. The molecular formula is C19H26ClN5O. The first-order chi connectivity index (χ1) is 12.6. The van der Waals surface area contributed by atoms with E-state index in [-0.39, 0.29) is 0 Å². The van der Waals surface area contributed by atoms with Gasteiger partial charge in [0.15, 0.2) is 11.9 Å². The molecule has 0 aliphatic carbocycles. The van der Waals surface area contributed by atoms with Gasteiger partial charge < -0.3 is 20.0 Å². The van der Waals surface area contributed by atoms with Crippen LogP contribution in [0.4, 0.5) is 5.69 Å². The normalized spacial score (nSPS) is 15.6. The maximum absolute atomic E-state index is 6.19. The van der Waals surface area contributed by atoms with Crippen LogP contribution < -0.4 is 10.6 Å². The van der Waals surface area contributed by atoms with Crippen molar-refractivity contribution in [3.05, 3.63) is 46.6 Å². The van der Waals surface area contributed by atoms with Gasteiger partial charge in [-0.25, -0.2) is 9.98 Å². The van der Waals surface area contributed by atoms with E-state index in [0.717, 1.165) is 61.4 Å². The number of guanidine groups is 1. The van der Waals surface area contributed by atoms with Gasteiger partial charge in [0.05, 0.1) is 5.69 Å². The number of hydrogen-bond donors (Lipinski definition) is 1. The molecule has 2 aromatic rings. The van der Waals surface area contributed by atoms with Gasteiger partial charge in [0.25, 0.3) is 0 Å². The number of aryl methyl sites for hydroxylation is 2. The monoisotopic (exact) mass is 375 g/mol. The highest BCUT2D eigenvalue weighted by molar-refractivity contribution is 6.30. The summed E-state index contributed by atoms with van der Waals surface area (Å²) < 4.78 is 5.77. The van der Waals surface area contributed by atoms with Crippen LogP contribution in [0.3, 0.4) is 0 Å². The van der Waals surface area contributed by atoms with Gasteiger partial charge in [-0.05, 0) is 37.6 Å². The molecule has 0 amide bonds. The molecule has 0 bridgehead atoms. The third-order valence-electron chi connectivity index (χ3n) is 4.58. The quantitative estimate of drug-likeness (QED) is 0.641. The second-order valence-electron chi connectivity index (χ2n) is 6.49. The first kappa shape index (κ1) is 18.6. The molecule has 0 unspecified atom stereocenters. The summed E-state index contributed by atoms with van der Waals surface area (Å²) in [5.41, 5.74) is 8.28. The topological polar surface area (TPSA) is 70.9 Å². The van der Waals surface area contributed by atoms with Crippen LogP contribution in [-0.4, -0.2) is 42.0 Å². The Bertz CT molecular complexity index is 748. The Labute approximate surface area is 159 Å². The van der Waals surface area contributed by atoms with Crippen LogP contribution in [0, 0.1) is 6.92 Å². The Balaban J connectivity index is 1.55. The van der Waals surface area contributed by atoms with Gasteiger partial charge >= 0.3 is 0 Å². The van der Waals surface area contributed by atoms with Crippen molar-refractivity contribution in [2.75, 3.05) is 31.1 Å². The highest BCUT2D eigenvalue weighted by Crippen LogP contribution is 2.19. The predicted molar refractivity (Wildman–Crippen MR) is 106 cm³/mol. The van der Waals surface area contributed by atoms with Gasteiger partial charge in [0.1, 0.15) is 12.3 Å². The van der Waals surface area contributed by atoms with Crippen LogP contribution in [0.2, 0.25) is 5.02 Å². The maximum atomic E-state index is 6.19. The van der Waals surface area contributed by atoms with Gasteiger partial charge in [-0.2, -0.15) is 0 Å². The lowest BCUT2D eigenvalue weighted by atomic mass is 10.2. The molecule has 0 saturated carbocycles. The number of halogens is 1. The van der Waals surface area contributed by atoms with Crippen molar-refractivity contribution in [1.82, 2.24) is 9.88 Å². The van der Waals surface area contributed by atoms with E-state index in [1.807, 2.05) is 19.1 Å². The number of aromatic nitrogens is 1. The zero-order valence-corrected chi connectivity index (χ0v) is 16.2. The summed E-state index contributed by atoms with van der Waals surface area (Å²) in [7, 11) is 0. The fourth-order valence-corrected chi connectivity index (χ4v) is 3.18. The van der Waals surface area contributed by atoms with Crippen molar-refractivity contribution in [1.29, 1.82) is 0 Å². The largest absolute Gasteiger partial charge is 0.443 e. The van der Waals surface area contributed by atoms with Crippen LogP contribution >= 0.6 is 11.6 Å². The highest BCUT2D eigenvalue weighted by Gasteiger charge is 2.19. The molecular weight excluding hydrogens is 350 g/mol. The van der Waals surface area contributed by atoms with Gasteiger partial charge in [0.2, 0.25) is 0 Å². The molecule has 3 rings (SSSR count). The molecule has 2 heterocycles. The Morgan fingerprint density at radius 2 is 1.92 bits per heavy atom. The summed E-state index contributed by atoms with van der Waals surface area (Å²) in [5, 5.41) is 0.758. The number of benzene rings is 1. The lowest BCUT2D eigenvalue weighted by Crippen LogP contribution is -2.51. The Kier molecular flexibility index (Phi) is 6.04. The highest BCUT2D eigenvalue weighted by atomic mass is 35.5. The molecule has 1 saturated heterocycles. The molecule has 6 nitrogen and oxygen atoms in total. The number of anilines is 1. The van der Waals surface area contributed by atoms with Gasteiger partial charge in [-0.15, -0.1) is 0 Å². The number of rotatable bonds is 5. The number of piperazine rings is 1. The third-order valence-corrected chi connectivity index (χ3v) is 4.83. The fourth-order valence-electron chi connectivity index (χ4n) is 3.05. The van der Waals surface area contributed by atoms with Crippen molar-refractivity contribution < 1.29 is 4.42 Å². The van der Waals surface area contributed by atoms with Crippen LogP contribution in [-0.2, 0) is 13.0 Å². The van der Waals surface area contributed by atoms with E-state index in [4.69, 9.17) is 21.8 Å². The maximum Gasteiger partial charge on any atom is 0.194 e. The molecule has 0 atom stereocenters. The minimum Gasteiger partial charge on any atom is -0.443 e. The molecule has 140 valence electrons. The SMILES string of the molecule is CCCc1nc(C)c(CN=C(N)N2CCN(c3ccc(Cl)cc3)CC2)o1. The lowest BCUT2D eigenvalue weighted by molar-refractivity contribution is 0.379. The van der Waals surface area contributed by atoms with Crippen LogP contribution in [0.1, 0.15) is 30.7 Å². The molecule has 7 heteroatoms. The summed E-state index contributed by atoms with van der Waals surface area (Å²) in [6.45, 7) is 7.99. The van der Waals surface area contributed by atoms with Crippen LogP contribution in [0.25, 0.3) is 0 Å². The van der Waals surface area contributed by atoms with Crippen LogP contribution in [0.5, 0.6) is 0 Å². The van der Waals surface area contributed by atoms with E-state index in [1.54, 1.807) is 0 Å². The first-order valence-electron chi connectivity index (χ1n) is 9.07. The standard InChI is InChI=1S/C19H26ClN5O/c1-3-4-18-23-14(2)17(26-18)13-22-19(21)25-11-9-24(10-12-25)16-7-5-15(20)6-8-16/h5-8H,3-4,9-13H2,1-2H3,(H2,21,22). The Hall–Kier alpha value is -2.21. The van der Waals surface area contributed by atoms with E-state index in [0.29, 0.717) is 12.5 Å². The summed E-state index contributed by atoms with van der Waals surface area (Å²) in [5.74, 6) is 2.15. The summed E-state index contributed by atoms with van der Waals surface area (Å²) >= 11 is 5.96. The van der Waals surface area contributed by atoms with E-state index < -0.39 is 0 Å². The summed E-state index contributed by atoms with van der Waals surface area (Å²) in [6.07, 6.45) is 1.87.